The Hall–Kier alpha value is -0.290. The van der Waals surface area contributed by atoms with Crippen LogP contribution in [0.3, 0.4) is 0 Å². The normalized spacial score (nSPS) is 15.7. The molecule has 0 aliphatic carbocycles. The molecule has 0 aliphatic heterocycles. The van der Waals surface area contributed by atoms with E-state index in [2.05, 4.69) is 4.84 Å². The standard InChI is InChI=1S/C4H8F3NO/c1-3(9-8-2)4(5,6)7/h3,8H,1-2H3. The number of alkyl halides is 3. The second-order valence-electron chi connectivity index (χ2n) is 1.51. The highest BCUT2D eigenvalue weighted by Crippen LogP contribution is 2.20. The monoisotopic (exact) mass is 143 g/mol. The van der Waals surface area contributed by atoms with E-state index in [0.29, 0.717) is 0 Å². The zero-order chi connectivity index (χ0) is 7.49. The fraction of sp³-hybridized carbons (Fsp3) is 1.00. The molecule has 0 aromatic carbocycles. The Morgan fingerprint density at radius 2 is 1.89 bits per heavy atom. The predicted molar refractivity (Wildman–Crippen MR) is 25.7 cm³/mol. The molecule has 0 saturated heterocycles. The first-order chi connectivity index (χ1) is 3.98. The van der Waals surface area contributed by atoms with E-state index in [1.54, 1.807) is 0 Å². The lowest BCUT2D eigenvalue weighted by Crippen LogP contribution is -2.32. The van der Waals surface area contributed by atoms with Crippen molar-refractivity contribution in [3.05, 3.63) is 0 Å². The van der Waals surface area contributed by atoms with Crippen LogP contribution in [0.4, 0.5) is 13.2 Å². The van der Waals surface area contributed by atoms with Gasteiger partial charge in [-0.15, -0.1) is 0 Å². The topological polar surface area (TPSA) is 21.3 Å². The number of hydrogen-bond acceptors (Lipinski definition) is 2. The van der Waals surface area contributed by atoms with Gasteiger partial charge < -0.3 is 0 Å². The van der Waals surface area contributed by atoms with Crippen LogP contribution in [-0.4, -0.2) is 19.3 Å². The number of rotatable bonds is 2. The van der Waals surface area contributed by atoms with E-state index < -0.39 is 12.3 Å². The first-order valence-corrected chi connectivity index (χ1v) is 2.37. The van der Waals surface area contributed by atoms with E-state index in [1.807, 2.05) is 5.48 Å². The Morgan fingerprint density at radius 3 is 2.00 bits per heavy atom. The molecule has 0 amide bonds. The van der Waals surface area contributed by atoms with Gasteiger partial charge in [0.05, 0.1) is 0 Å². The molecule has 0 aromatic rings. The highest BCUT2D eigenvalue weighted by Gasteiger charge is 2.37. The summed E-state index contributed by atoms with van der Waals surface area (Å²) in [6, 6.07) is 0. The van der Waals surface area contributed by atoms with Crippen LogP contribution in [0.15, 0.2) is 0 Å². The van der Waals surface area contributed by atoms with Crippen LogP contribution in [0, 0.1) is 0 Å². The molecule has 1 N–H and O–H groups in total. The van der Waals surface area contributed by atoms with Crippen molar-refractivity contribution in [2.45, 2.75) is 19.2 Å². The molecule has 0 saturated carbocycles. The molecule has 2 nitrogen and oxygen atoms in total. The van der Waals surface area contributed by atoms with Gasteiger partial charge in [0.2, 0.25) is 0 Å². The van der Waals surface area contributed by atoms with Crippen molar-refractivity contribution < 1.29 is 18.0 Å². The lowest BCUT2D eigenvalue weighted by molar-refractivity contribution is -0.229. The summed E-state index contributed by atoms with van der Waals surface area (Å²) in [6.07, 6.45) is -6.02. The Balaban J connectivity index is 3.59. The smallest absolute Gasteiger partial charge is 0.290 e. The molecule has 0 aliphatic rings. The summed E-state index contributed by atoms with van der Waals surface area (Å²) in [5.74, 6) is 0. The van der Waals surface area contributed by atoms with Crippen molar-refractivity contribution in [1.29, 1.82) is 0 Å². The molecule has 1 atom stereocenters. The van der Waals surface area contributed by atoms with E-state index >= 15 is 0 Å². The molecule has 9 heavy (non-hydrogen) atoms. The molecule has 0 bridgehead atoms. The van der Waals surface area contributed by atoms with Crippen molar-refractivity contribution in [3.8, 4) is 0 Å². The molecular formula is C4H8F3NO. The largest absolute Gasteiger partial charge is 0.416 e. The Labute approximate surface area is 50.9 Å². The van der Waals surface area contributed by atoms with Gasteiger partial charge in [-0.25, -0.2) is 5.48 Å². The van der Waals surface area contributed by atoms with Gasteiger partial charge in [0, 0.05) is 7.05 Å². The summed E-state index contributed by atoms with van der Waals surface area (Å²) in [6.45, 7) is 0.927. The molecular weight excluding hydrogens is 135 g/mol. The predicted octanol–water partition coefficient (Wildman–Crippen LogP) is 1.09. The van der Waals surface area contributed by atoms with Crippen LogP contribution in [0.2, 0.25) is 0 Å². The maximum absolute atomic E-state index is 11.5. The lowest BCUT2D eigenvalue weighted by atomic mass is 10.4. The third-order valence-electron chi connectivity index (χ3n) is 0.756. The van der Waals surface area contributed by atoms with Crippen LogP contribution in [0.5, 0.6) is 0 Å². The molecule has 0 heterocycles. The van der Waals surface area contributed by atoms with Crippen molar-refractivity contribution >= 4 is 0 Å². The quantitative estimate of drug-likeness (QED) is 0.584. The third kappa shape index (κ3) is 3.31. The zero-order valence-corrected chi connectivity index (χ0v) is 5.12. The second kappa shape index (κ2) is 3.03. The summed E-state index contributed by atoms with van der Waals surface area (Å²) < 4.78 is 34.4. The molecule has 56 valence electrons. The first kappa shape index (κ1) is 8.71. The van der Waals surface area contributed by atoms with Gasteiger partial charge in [-0.05, 0) is 6.92 Å². The molecule has 0 spiro atoms. The fourth-order valence-electron chi connectivity index (χ4n) is 0.244. The van der Waals surface area contributed by atoms with Crippen molar-refractivity contribution in [3.63, 3.8) is 0 Å². The van der Waals surface area contributed by atoms with E-state index in [0.717, 1.165) is 6.92 Å². The first-order valence-electron chi connectivity index (χ1n) is 2.37. The minimum Gasteiger partial charge on any atom is -0.290 e. The number of halogens is 3. The van der Waals surface area contributed by atoms with Gasteiger partial charge in [-0.3, -0.25) is 4.84 Å². The van der Waals surface area contributed by atoms with E-state index in [-0.39, 0.29) is 0 Å². The third-order valence-corrected chi connectivity index (χ3v) is 0.756. The van der Waals surface area contributed by atoms with Gasteiger partial charge >= 0.3 is 6.18 Å². The molecule has 1 unspecified atom stereocenters. The Morgan fingerprint density at radius 1 is 1.44 bits per heavy atom. The van der Waals surface area contributed by atoms with E-state index in [4.69, 9.17) is 0 Å². The van der Waals surface area contributed by atoms with Crippen LogP contribution in [0.1, 0.15) is 6.92 Å². The van der Waals surface area contributed by atoms with E-state index in [9.17, 15) is 13.2 Å². The summed E-state index contributed by atoms with van der Waals surface area (Å²) in [5, 5.41) is 0. The summed E-state index contributed by atoms with van der Waals surface area (Å²) in [7, 11) is 1.28. The number of hydrogen-bond donors (Lipinski definition) is 1. The zero-order valence-electron chi connectivity index (χ0n) is 5.12. The highest BCUT2D eigenvalue weighted by molar-refractivity contribution is 4.58. The van der Waals surface area contributed by atoms with Gasteiger partial charge in [0.25, 0.3) is 0 Å². The SMILES string of the molecule is CNOC(C)C(F)(F)F. The highest BCUT2D eigenvalue weighted by atomic mass is 19.4. The molecule has 0 rings (SSSR count). The minimum atomic E-state index is -4.27. The van der Waals surface area contributed by atoms with Gasteiger partial charge in [0.1, 0.15) is 0 Å². The van der Waals surface area contributed by atoms with Crippen LogP contribution >= 0.6 is 0 Å². The number of hydroxylamine groups is 1. The summed E-state index contributed by atoms with van der Waals surface area (Å²) in [5.41, 5.74) is 1.95. The molecule has 0 fully saturated rings. The van der Waals surface area contributed by atoms with Crippen molar-refractivity contribution in [2.24, 2.45) is 0 Å². The van der Waals surface area contributed by atoms with Gasteiger partial charge in [0.15, 0.2) is 6.10 Å². The molecule has 5 heteroatoms. The Bertz CT molecular complexity index is 82.4. The Kier molecular flexibility index (Phi) is 2.93. The molecule has 0 aromatic heterocycles. The average Bonchev–Trinajstić information content (AvgIpc) is 1.64. The van der Waals surface area contributed by atoms with Crippen LogP contribution in [0.25, 0.3) is 0 Å². The lowest BCUT2D eigenvalue weighted by Gasteiger charge is -2.13. The summed E-state index contributed by atoms with van der Waals surface area (Å²) in [4.78, 5) is 4.03. The number of nitrogens with one attached hydrogen (secondary N) is 1. The molecule has 0 radical (unpaired) electrons. The van der Waals surface area contributed by atoms with Crippen molar-refractivity contribution in [2.75, 3.05) is 7.05 Å². The summed E-state index contributed by atoms with van der Waals surface area (Å²) >= 11 is 0. The second-order valence-corrected chi connectivity index (χ2v) is 1.51. The fourth-order valence-corrected chi connectivity index (χ4v) is 0.244. The minimum absolute atomic E-state index is 0.927. The van der Waals surface area contributed by atoms with Crippen LogP contribution < -0.4 is 5.48 Å². The van der Waals surface area contributed by atoms with Gasteiger partial charge in [-0.2, -0.15) is 13.2 Å². The maximum atomic E-state index is 11.5. The van der Waals surface area contributed by atoms with E-state index in [1.165, 1.54) is 7.05 Å². The maximum Gasteiger partial charge on any atom is 0.416 e. The van der Waals surface area contributed by atoms with Gasteiger partial charge in [-0.1, -0.05) is 0 Å². The van der Waals surface area contributed by atoms with Crippen molar-refractivity contribution in [1.82, 2.24) is 5.48 Å². The van der Waals surface area contributed by atoms with Crippen LogP contribution in [-0.2, 0) is 4.84 Å². The average molecular weight is 143 g/mol.